The predicted octanol–water partition coefficient (Wildman–Crippen LogP) is 4.03. The largest absolute Gasteiger partial charge is 0.463 e. The Morgan fingerprint density at radius 1 is 1.23 bits per heavy atom. The second kappa shape index (κ2) is 7.11. The number of pyridine rings is 2. The standard InChI is InChI=1S/C24H23N3O4/c1-12-7-20-22-15(13(12)2)5-4-6-16(22)18-9-27-21(23(18)25-20)8-17(14(3)26-30)19(24(27)29)10-31-11-28/h7-8,11,14H,4-6,9-10H2,1-3H3. The second-order valence-corrected chi connectivity index (χ2v) is 8.51. The third kappa shape index (κ3) is 2.76. The molecule has 2 aliphatic rings. The minimum atomic E-state index is -0.733. The highest BCUT2D eigenvalue weighted by Gasteiger charge is 2.31. The molecule has 7 nitrogen and oxygen atoms in total. The van der Waals surface area contributed by atoms with E-state index in [9.17, 15) is 14.5 Å². The molecule has 5 rings (SSSR count). The third-order valence-corrected chi connectivity index (χ3v) is 6.89. The fourth-order valence-electron chi connectivity index (χ4n) is 5.20. The molecule has 0 fully saturated rings. The van der Waals surface area contributed by atoms with Gasteiger partial charge >= 0.3 is 0 Å². The van der Waals surface area contributed by atoms with Gasteiger partial charge < -0.3 is 9.30 Å². The Balaban J connectivity index is 1.81. The zero-order valence-corrected chi connectivity index (χ0v) is 17.8. The number of carbonyl (C=O) groups excluding carboxylic acids is 1. The lowest BCUT2D eigenvalue weighted by atomic mass is 9.83. The van der Waals surface area contributed by atoms with Gasteiger partial charge in [-0.15, -0.1) is 0 Å². The fraction of sp³-hybridized carbons (Fsp3) is 0.375. The monoisotopic (exact) mass is 417 g/mol. The molecule has 0 spiro atoms. The van der Waals surface area contributed by atoms with Crippen molar-refractivity contribution < 1.29 is 9.53 Å². The van der Waals surface area contributed by atoms with E-state index in [1.165, 1.54) is 27.6 Å². The summed E-state index contributed by atoms with van der Waals surface area (Å²) in [4.78, 5) is 40.4. The SMILES string of the molecule is Cc1cc2nc3c(c4c2c(c1C)CCC4)Cn1c-3cc(C(C)N=O)c(COC=O)c1=O. The van der Waals surface area contributed by atoms with Gasteiger partial charge in [-0.1, -0.05) is 5.18 Å². The van der Waals surface area contributed by atoms with E-state index >= 15 is 0 Å². The minimum Gasteiger partial charge on any atom is -0.463 e. The van der Waals surface area contributed by atoms with E-state index in [4.69, 9.17) is 9.72 Å². The number of fused-ring (bicyclic) bond motifs is 4. The van der Waals surface area contributed by atoms with E-state index in [1.807, 2.05) is 6.07 Å². The Labute approximate surface area is 179 Å². The van der Waals surface area contributed by atoms with Crippen LogP contribution in [-0.4, -0.2) is 16.0 Å². The smallest absolute Gasteiger partial charge is 0.293 e. The zero-order valence-electron chi connectivity index (χ0n) is 17.8. The average Bonchev–Trinajstić information content (AvgIpc) is 3.15. The first-order valence-corrected chi connectivity index (χ1v) is 10.6. The van der Waals surface area contributed by atoms with Crippen molar-refractivity contribution in [3.8, 4) is 11.4 Å². The van der Waals surface area contributed by atoms with Gasteiger partial charge in [0.05, 0.1) is 29.0 Å². The summed E-state index contributed by atoms with van der Waals surface area (Å²) in [7, 11) is 0. The first-order chi connectivity index (χ1) is 15.0. The molecule has 3 aromatic rings. The molecule has 2 aromatic heterocycles. The van der Waals surface area contributed by atoms with Crippen molar-refractivity contribution in [3.05, 3.63) is 66.3 Å². The maximum absolute atomic E-state index is 13.4. The lowest BCUT2D eigenvalue weighted by Gasteiger charge is -2.22. The van der Waals surface area contributed by atoms with Gasteiger partial charge in [0.1, 0.15) is 12.6 Å². The summed E-state index contributed by atoms with van der Waals surface area (Å²) in [5, 5.41) is 4.35. The molecule has 0 radical (unpaired) electrons. The number of hydrogen-bond donors (Lipinski definition) is 0. The Kier molecular flexibility index (Phi) is 4.50. The normalized spacial score (nSPS) is 14.8. The van der Waals surface area contributed by atoms with E-state index in [1.54, 1.807) is 11.5 Å². The molecule has 0 bridgehead atoms. The number of hydrogen-bond acceptors (Lipinski definition) is 6. The van der Waals surface area contributed by atoms with Gasteiger partial charge in [-0.3, -0.25) is 9.59 Å². The highest BCUT2D eigenvalue weighted by atomic mass is 16.5. The van der Waals surface area contributed by atoms with Crippen LogP contribution in [-0.2, 0) is 35.5 Å². The topological polar surface area (TPSA) is 90.6 Å². The number of benzene rings is 1. The molecule has 1 atom stereocenters. The molecular weight excluding hydrogens is 394 g/mol. The quantitative estimate of drug-likeness (QED) is 0.361. The number of ether oxygens (including phenoxy) is 1. The first kappa shape index (κ1) is 19.6. The van der Waals surface area contributed by atoms with Crippen LogP contribution in [0.25, 0.3) is 22.3 Å². The van der Waals surface area contributed by atoms with E-state index in [0.717, 1.165) is 36.0 Å². The van der Waals surface area contributed by atoms with Gasteiger partial charge in [0.2, 0.25) is 0 Å². The summed E-state index contributed by atoms with van der Waals surface area (Å²) in [6, 6.07) is 3.22. The van der Waals surface area contributed by atoms with Crippen molar-refractivity contribution in [1.29, 1.82) is 0 Å². The summed E-state index contributed by atoms with van der Waals surface area (Å²) in [6.45, 7) is 6.48. The molecule has 158 valence electrons. The third-order valence-electron chi connectivity index (χ3n) is 6.89. The van der Waals surface area contributed by atoms with Crippen molar-refractivity contribution in [2.75, 3.05) is 0 Å². The lowest BCUT2D eigenvalue weighted by molar-refractivity contribution is -0.129. The summed E-state index contributed by atoms with van der Waals surface area (Å²) >= 11 is 0. The molecule has 7 heteroatoms. The van der Waals surface area contributed by atoms with E-state index in [-0.39, 0.29) is 12.2 Å². The van der Waals surface area contributed by atoms with E-state index < -0.39 is 6.04 Å². The summed E-state index contributed by atoms with van der Waals surface area (Å²) in [6.07, 6.45) is 3.08. The summed E-state index contributed by atoms with van der Waals surface area (Å²) in [5.74, 6) is 0. The van der Waals surface area contributed by atoms with Crippen LogP contribution in [0.15, 0.2) is 22.1 Å². The lowest BCUT2D eigenvalue weighted by Crippen LogP contribution is -2.26. The van der Waals surface area contributed by atoms with Crippen molar-refractivity contribution >= 4 is 17.4 Å². The average molecular weight is 417 g/mol. The molecule has 0 N–H and O–H groups in total. The van der Waals surface area contributed by atoms with Crippen molar-refractivity contribution in [1.82, 2.24) is 9.55 Å². The maximum atomic E-state index is 13.4. The molecule has 1 unspecified atom stereocenters. The Morgan fingerprint density at radius 2 is 2.00 bits per heavy atom. The van der Waals surface area contributed by atoms with Crippen LogP contribution in [0.3, 0.4) is 0 Å². The van der Waals surface area contributed by atoms with Gasteiger partial charge in [-0.25, -0.2) is 4.98 Å². The van der Waals surface area contributed by atoms with Crippen LogP contribution in [0.5, 0.6) is 0 Å². The highest BCUT2D eigenvalue weighted by molar-refractivity contribution is 5.92. The molecule has 0 saturated heterocycles. The van der Waals surface area contributed by atoms with Crippen molar-refractivity contribution in [2.24, 2.45) is 5.18 Å². The number of carbonyl (C=O) groups is 1. The van der Waals surface area contributed by atoms with Crippen LogP contribution < -0.4 is 5.56 Å². The summed E-state index contributed by atoms with van der Waals surface area (Å²) < 4.78 is 6.56. The Bertz CT molecular complexity index is 1340. The molecule has 1 aromatic carbocycles. The van der Waals surface area contributed by atoms with Crippen LogP contribution in [0, 0.1) is 18.8 Å². The van der Waals surface area contributed by atoms with Gasteiger partial charge in [-0.05, 0) is 80.0 Å². The van der Waals surface area contributed by atoms with Crippen molar-refractivity contribution in [2.45, 2.75) is 59.2 Å². The molecule has 1 aliphatic heterocycles. The Morgan fingerprint density at radius 3 is 2.74 bits per heavy atom. The molecule has 0 amide bonds. The van der Waals surface area contributed by atoms with Crippen LogP contribution in [0.1, 0.15) is 58.3 Å². The van der Waals surface area contributed by atoms with Gasteiger partial charge in [0.25, 0.3) is 12.0 Å². The number of rotatable bonds is 5. The molecule has 31 heavy (non-hydrogen) atoms. The number of nitroso groups, excluding NO2 is 1. The number of aromatic nitrogens is 2. The maximum Gasteiger partial charge on any atom is 0.293 e. The fourth-order valence-corrected chi connectivity index (χ4v) is 5.20. The minimum absolute atomic E-state index is 0.182. The molecule has 3 heterocycles. The number of aryl methyl sites for hydroxylation is 3. The van der Waals surface area contributed by atoms with Crippen LogP contribution in [0.2, 0.25) is 0 Å². The van der Waals surface area contributed by atoms with Crippen molar-refractivity contribution in [3.63, 3.8) is 0 Å². The molecular formula is C24H23N3O4. The zero-order chi connectivity index (χ0) is 21.9. The van der Waals surface area contributed by atoms with Crippen LogP contribution in [0.4, 0.5) is 0 Å². The van der Waals surface area contributed by atoms with Gasteiger partial charge in [0.15, 0.2) is 0 Å². The second-order valence-electron chi connectivity index (χ2n) is 8.51. The Hall–Kier alpha value is -3.35. The summed E-state index contributed by atoms with van der Waals surface area (Å²) in [5.41, 5.74) is 9.26. The van der Waals surface area contributed by atoms with E-state index in [2.05, 4.69) is 25.1 Å². The molecule has 0 saturated carbocycles. The van der Waals surface area contributed by atoms with E-state index in [0.29, 0.717) is 29.8 Å². The van der Waals surface area contributed by atoms with Gasteiger partial charge in [-0.2, -0.15) is 4.91 Å². The predicted molar refractivity (Wildman–Crippen MR) is 117 cm³/mol. The highest BCUT2D eigenvalue weighted by Crippen LogP contribution is 2.41. The molecule has 1 aliphatic carbocycles. The van der Waals surface area contributed by atoms with Gasteiger partial charge in [0, 0.05) is 10.9 Å². The number of nitrogens with zero attached hydrogens (tertiary/aromatic N) is 3. The van der Waals surface area contributed by atoms with Crippen LogP contribution >= 0.6 is 0 Å². The first-order valence-electron chi connectivity index (χ1n) is 10.6.